The minimum atomic E-state index is -0.998. The number of hydrogen-bond acceptors (Lipinski definition) is 2. The Hall–Kier alpha value is -1.27. The molecule has 1 unspecified atom stereocenters. The van der Waals surface area contributed by atoms with Crippen molar-refractivity contribution in [2.45, 2.75) is 32.4 Å². The number of rotatable bonds is 5. The summed E-state index contributed by atoms with van der Waals surface area (Å²) in [6.07, 6.45) is 2.88. The number of imidazole rings is 1. The van der Waals surface area contributed by atoms with Crippen LogP contribution in [0.2, 0.25) is 0 Å². The van der Waals surface area contributed by atoms with Gasteiger partial charge in [0.1, 0.15) is 11.6 Å². The van der Waals surface area contributed by atoms with Crippen LogP contribution in [0.4, 0.5) is 8.78 Å². The van der Waals surface area contributed by atoms with Gasteiger partial charge in [0, 0.05) is 18.5 Å². The van der Waals surface area contributed by atoms with Gasteiger partial charge in [0.25, 0.3) is 0 Å². The maximum Gasteiger partial charge on any atom is 0.143 e. The largest absolute Gasteiger partial charge is 0.386 e. The van der Waals surface area contributed by atoms with Gasteiger partial charge in [-0.15, -0.1) is 0 Å². The van der Waals surface area contributed by atoms with E-state index in [-0.39, 0.29) is 16.5 Å². The fourth-order valence-corrected chi connectivity index (χ4v) is 2.46. The van der Waals surface area contributed by atoms with E-state index in [2.05, 4.69) is 20.9 Å². The lowest BCUT2D eigenvalue weighted by Crippen LogP contribution is -2.11. The number of aliphatic hydroxyl groups is 1. The van der Waals surface area contributed by atoms with E-state index in [0.717, 1.165) is 6.42 Å². The molecular weight excluding hydrogens is 330 g/mol. The molecule has 0 bridgehead atoms. The standard InChI is InChI=1S/C14H15BrF2N2O/c1-2-5-19-8-18-7-12(19)13(20)6-9-11(16)4-3-10(15)14(9)17/h3-4,7-8,13,20H,2,5-6H2,1H3. The van der Waals surface area contributed by atoms with E-state index in [4.69, 9.17) is 0 Å². The van der Waals surface area contributed by atoms with Gasteiger partial charge in [-0.3, -0.25) is 0 Å². The van der Waals surface area contributed by atoms with Gasteiger partial charge in [-0.05, 0) is 34.5 Å². The molecule has 6 heteroatoms. The van der Waals surface area contributed by atoms with Crippen molar-refractivity contribution in [3.8, 4) is 0 Å². The van der Waals surface area contributed by atoms with E-state index in [1.54, 1.807) is 10.9 Å². The molecule has 0 fully saturated rings. The molecule has 1 heterocycles. The summed E-state index contributed by atoms with van der Waals surface area (Å²) in [4.78, 5) is 3.97. The second kappa shape index (κ2) is 6.45. The van der Waals surface area contributed by atoms with Crippen LogP contribution in [-0.4, -0.2) is 14.7 Å². The van der Waals surface area contributed by atoms with E-state index in [9.17, 15) is 13.9 Å². The predicted octanol–water partition coefficient (Wildman–Crippen LogP) is 3.61. The molecular formula is C14H15BrF2N2O. The molecule has 0 aliphatic rings. The Morgan fingerprint density at radius 2 is 2.15 bits per heavy atom. The number of halogens is 3. The normalized spacial score (nSPS) is 12.7. The molecule has 20 heavy (non-hydrogen) atoms. The number of aromatic nitrogens is 2. The topological polar surface area (TPSA) is 38.0 Å². The first kappa shape index (κ1) is 15.1. The molecule has 0 saturated carbocycles. The molecule has 0 aliphatic heterocycles. The van der Waals surface area contributed by atoms with Crippen molar-refractivity contribution in [3.63, 3.8) is 0 Å². The Balaban J connectivity index is 2.26. The van der Waals surface area contributed by atoms with Crippen molar-refractivity contribution < 1.29 is 13.9 Å². The summed E-state index contributed by atoms with van der Waals surface area (Å²) in [5.74, 6) is -1.34. The minimum absolute atomic E-state index is 0.129. The van der Waals surface area contributed by atoms with Crippen molar-refractivity contribution >= 4 is 15.9 Å². The van der Waals surface area contributed by atoms with Crippen LogP contribution in [0, 0.1) is 11.6 Å². The van der Waals surface area contributed by atoms with Crippen LogP contribution in [-0.2, 0) is 13.0 Å². The zero-order valence-electron chi connectivity index (χ0n) is 11.0. The highest BCUT2D eigenvalue weighted by molar-refractivity contribution is 9.10. The summed E-state index contributed by atoms with van der Waals surface area (Å²) in [6.45, 7) is 2.71. The molecule has 3 nitrogen and oxygen atoms in total. The Bertz CT molecular complexity index is 601. The predicted molar refractivity (Wildman–Crippen MR) is 75.2 cm³/mol. The van der Waals surface area contributed by atoms with Crippen molar-refractivity contribution in [1.29, 1.82) is 0 Å². The third kappa shape index (κ3) is 3.07. The van der Waals surface area contributed by atoms with Crippen LogP contribution in [0.5, 0.6) is 0 Å². The summed E-state index contributed by atoms with van der Waals surface area (Å²) in [5.41, 5.74) is 0.432. The Morgan fingerprint density at radius 1 is 1.40 bits per heavy atom. The number of hydrogen-bond donors (Lipinski definition) is 1. The quantitative estimate of drug-likeness (QED) is 0.841. The summed E-state index contributed by atoms with van der Waals surface area (Å²) < 4.78 is 29.6. The molecule has 1 N–H and O–H groups in total. The molecule has 1 atom stereocenters. The minimum Gasteiger partial charge on any atom is -0.386 e. The Labute approximate surface area is 124 Å². The monoisotopic (exact) mass is 344 g/mol. The third-order valence-electron chi connectivity index (χ3n) is 3.09. The molecule has 108 valence electrons. The van der Waals surface area contributed by atoms with Crippen LogP contribution in [0.1, 0.15) is 30.7 Å². The highest BCUT2D eigenvalue weighted by Gasteiger charge is 2.19. The molecule has 2 rings (SSSR count). The van der Waals surface area contributed by atoms with Crippen LogP contribution in [0.25, 0.3) is 0 Å². The average Bonchev–Trinajstić information content (AvgIpc) is 2.88. The summed E-state index contributed by atoms with van der Waals surface area (Å²) in [6, 6.07) is 2.49. The van der Waals surface area contributed by atoms with Gasteiger partial charge in [0.2, 0.25) is 0 Å². The molecule has 0 spiro atoms. The molecule has 1 aromatic heterocycles. The van der Waals surface area contributed by atoms with Crippen molar-refractivity contribution in [2.75, 3.05) is 0 Å². The fraction of sp³-hybridized carbons (Fsp3) is 0.357. The zero-order chi connectivity index (χ0) is 14.7. The maximum atomic E-state index is 13.9. The second-order valence-electron chi connectivity index (χ2n) is 4.55. The molecule has 0 saturated heterocycles. The summed E-state index contributed by atoms with van der Waals surface area (Å²) in [7, 11) is 0. The van der Waals surface area contributed by atoms with Gasteiger partial charge in [-0.25, -0.2) is 13.8 Å². The van der Waals surface area contributed by atoms with Crippen molar-refractivity contribution in [3.05, 3.63) is 52.0 Å². The highest BCUT2D eigenvalue weighted by Crippen LogP contribution is 2.26. The van der Waals surface area contributed by atoms with Gasteiger partial charge in [-0.2, -0.15) is 0 Å². The SMILES string of the molecule is CCCn1cncc1C(O)Cc1c(F)ccc(Br)c1F. The van der Waals surface area contributed by atoms with Gasteiger partial charge in [0.05, 0.1) is 28.8 Å². The molecule has 0 aliphatic carbocycles. The Kier molecular flexibility index (Phi) is 4.88. The van der Waals surface area contributed by atoms with E-state index >= 15 is 0 Å². The number of benzene rings is 1. The smallest absolute Gasteiger partial charge is 0.143 e. The lowest BCUT2D eigenvalue weighted by atomic mass is 10.0. The second-order valence-corrected chi connectivity index (χ2v) is 5.41. The number of aliphatic hydroxyl groups excluding tert-OH is 1. The fourth-order valence-electron chi connectivity index (χ4n) is 2.09. The van der Waals surface area contributed by atoms with Gasteiger partial charge < -0.3 is 9.67 Å². The number of nitrogens with zero attached hydrogens (tertiary/aromatic N) is 2. The van der Waals surface area contributed by atoms with Crippen LogP contribution >= 0.6 is 15.9 Å². The van der Waals surface area contributed by atoms with Gasteiger partial charge in [0.15, 0.2) is 0 Å². The van der Waals surface area contributed by atoms with Crippen molar-refractivity contribution in [1.82, 2.24) is 9.55 Å². The first-order chi connectivity index (χ1) is 9.54. The summed E-state index contributed by atoms with van der Waals surface area (Å²) >= 11 is 3.02. The first-order valence-electron chi connectivity index (χ1n) is 6.35. The maximum absolute atomic E-state index is 13.9. The van der Waals surface area contributed by atoms with Crippen LogP contribution in [0.3, 0.4) is 0 Å². The Morgan fingerprint density at radius 3 is 2.85 bits per heavy atom. The highest BCUT2D eigenvalue weighted by atomic mass is 79.9. The van der Waals surface area contributed by atoms with Gasteiger partial charge in [-0.1, -0.05) is 6.92 Å². The third-order valence-corrected chi connectivity index (χ3v) is 3.70. The molecule has 0 radical (unpaired) electrons. The molecule has 1 aromatic carbocycles. The molecule has 2 aromatic rings. The van der Waals surface area contributed by atoms with E-state index in [0.29, 0.717) is 12.2 Å². The number of aryl methyl sites for hydroxylation is 1. The summed E-state index contributed by atoms with van der Waals surface area (Å²) in [5, 5.41) is 10.2. The molecule has 0 amide bonds. The van der Waals surface area contributed by atoms with Crippen LogP contribution < -0.4 is 0 Å². The average molecular weight is 345 g/mol. The lowest BCUT2D eigenvalue weighted by molar-refractivity contribution is 0.166. The first-order valence-corrected chi connectivity index (χ1v) is 7.14. The van der Waals surface area contributed by atoms with Crippen molar-refractivity contribution in [2.24, 2.45) is 0 Å². The van der Waals surface area contributed by atoms with E-state index in [1.165, 1.54) is 18.3 Å². The van der Waals surface area contributed by atoms with E-state index < -0.39 is 17.7 Å². The van der Waals surface area contributed by atoms with E-state index in [1.807, 2.05) is 6.92 Å². The van der Waals surface area contributed by atoms with Gasteiger partial charge >= 0.3 is 0 Å². The lowest BCUT2D eigenvalue weighted by Gasteiger charge is -2.14. The zero-order valence-corrected chi connectivity index (χ0v) is 12.6. The van der Waals surface area contributed by atoms with Crippen LogP contribution in [0.15, 0.2) is 29.1 Å².